The molecule has 0 spiro atoms. The lowest BCUT2D eigenvalue weighted by atomic mass is 9.90. The highest BCUT2D eigenvalue weighted by Crippen LogP contribution is 2.31. The maximum atomic E-state index is 12.4. The summed E-state index contributed by atoms with van der Waals surface area (Å²) in [6.07, 6.45) is 0. The van der Waals surface area contributed by atoms with Crippen LogP contribution >= 0.6 is 34.7 Å². The van der Waals surface area contributed by atoms with Crippen LogP contribution in [0.2, 0.25) is 5.02 Å². The average molecular weight is 410 g/mol. The summed E-state index contributed by atoms with van der Waals surface area (Å²) in [5.74, 6) is -0.198. The molecule has 0 aliphatic heterocycles. The van der Waals surface area contributed by atoms with E-state index in [1.54, 1.807) is 26.0 Å². The molecule has 1 heterocycles. The average Bonchev–Trinajstić information content (AvgIpc) is 3.01. The largest absolute Gasteiger partial charge is 0.337 e. The SMILES string of the molecule is CC(C)[C@](C)(C#N)NC(=O)[C@@H](C)Sc1nnc(Nc2cccc(Cl)c2)s1. The Morgan fingerprint density at radius 1 is 1.38 bits per heavy atom. The van der Waals surface area contributed by atoms with E-state index in [4.69, 9.17) is 11.6 Å². The summed E-state index contributed by atoms with van der Waals surface area (Å²) < 4.78 is 0.667. The van der Waals surface area contributed by atoms with E-state index in [0.717, 1.165) is 5.69 Å². The quantitative estimate of drug-likeness (QED) is 0.655. The fraction of sp³-hybridized carbons (Fsp3) is 0.412. The molecule has 1 aromatic heterocycles. The van der Waals surface area contributed by atoms with Gasteiger partial charge < -0.3 is 10.6 Å². The first-order chi connectivity index (χ1) is 12.2. The second kappa shape index (κ2) is 8.71. The van der Waals surface area contributed by atoms with Gasteiger partial charge in [0.15, 0.2) is 4.34 Å². The number of nitriles is 1. The number of aromatic nitrogens is 2. The summed E-state index contributed by atoms with van der Waals surface area (Å²) in [6, 6.07) is 9.48. The van der Waals surface area contributed by atoms with Gasteiger partial charge in [-0.1, -0.05) is 54.6 Å². The topological polar surface area (TPSA) is 90.7 Å². The predicted octanol–water partition coefficient (Wildman–Crippen LogP) is 4.47. The van der Waals surface area contributed by atoms with Crippen LogP contribution in [0.5, 0.6) is 0 Å². The van der Waals surface area contributed by atoms with Gasteiger partial charge in [0.2, 0.25) is 11.0 Å². The summed E-state index contributed by atoms with van der Waals surface area (Å²) in [4.78, 5) is 12.4. The van der Waals surface area contributed by atoms with Gasteiger partial charge in [0.05, 0.1) is 11.3 Å². The molecule has 0 unspecified atom stereocenters. The molecule has 2 rings (SSSR count). The monoisotopic (exact) mass is 409 g/mol. The number of carbonyl (C=O) groups excluding carboxylic acids is 1. The van der Waals surface area contributed by atoms with Gasteiger partial charge in [-0.25, -0.2) is 0 Å². The van der Waals surface area contributed by atoms with Crippen molar-refractivity contribution >= 4 is 51.4 Å². The zero-order chi connectivity index (χ0) is 19.3. The molecule has 0 fully saturated rings. The fourth-order valence-corrected chi connectivity index (χ4v) is 3.97. The van der Waals surface area contributed by atoms with Gasteiger partial charge in [-0.2, -0.15) is 5.26 Å². The number of anilines is 2. The van der Waals surface area contributed by atoms with Crippen LogP contribution in [0.25, 0.3) is 0 Å². The third-order valence-electron chi connectivity index (χ3n) is 3.90. The van der Waals surface area contributed by atoms with Crippen LogP contribution in [-0.4, -0.2) is 26.9 Å². The number of amides is 1. The molecule has 0 radical (unpaired) electrons. The fourth-order valence-electron chi connectivity index (χ4n) is 1.86. The first kappa shape index (κ1) is 20.5. The Morgan fingerprint density at radius 2 is 2.12 bits per heavy atom. The number of benzene rings is 1. The Bertz CT molecular complexity index is 819. The molecule has 2 N–H and O–H groups in total. The van der Waals surface area contributed by atoms with Crippen molar-refractivity contribution < 1.29 is 4.79 Å². The van der Waals surface area contributed by atoms with Crippen molar-refractivity contribution in [1.29, 1.82) is 5.26 Å². The number of nitrogens with zero attached hydrogens (tertiary/aromatic N) is 3. The number of hydrogen-bond donors (Lipinski definition) is 2. The first-order valence-corrected chi connectivity index (χ1v) is 10.1. The molecule has 138 valence electrons. The van der Waals surface area contributed by atoms with Gasteiger partial charge in [-0.3, -0.25) is 4.79 Å². The van der Waals surface area contributed by atoms with Gasteiger partial charge in [0.1, 0.15) is 5.54 Å². The smallest absolute Gasteiger partial charge is 0.234 e. The molecular formula is C17H20ClN5OS2. The van der Waals surface area contributed by atoms with Crippen LogP contribution in [-0.2, 0) is 4.79 Å². The first-order valence-electron chi connectivity index (χ1n) is 7.99. The number of halogens is 1. The Balaban J connectivity index is 1.97. The minimum Gasteiger partial charge on any atom is -0.337 e. The number of hydrogen-bond acceptors (Lipinski definition) is 7. The van der Waals surface area contributed by atoms with Crippen molar-refractivity contribution in [3.8, 4) is 6.07 Å². The predicted molar refractivity (Wildman–Crippen MR) is 107 cm³/mol. The van der Waals surface area contributed by atoms with E-state index >= 15 is 0 Å². The van der Waals surface area contributed by atoms with E-state index in [9.17, 15) is 10.1 Å². The zero-order valence-corrected chi connectivity index (χ0v) is 17.3. The standard InChI is InChI=1S/C17H20ClN5OS2/c1-10(2)17(4,9-19)21-14(24)11(3)25-16-23-22-15(26-16)20-13-7-5-6-12(18)8-13/h5-8,10-11H,1-4H3,(H,20,22)(H,21,24)/t11-,17+/m1/s1. The lowest BCUT2D eigenvalue weighted by Crippen LogP contribution is -2.51. The lowest BCUT2D eigenvalue weighted by Gasteiger charge is -2.28. The van der Waals surface area contributed by atoms with Gasteiger partial charge >= 0.3 is 0 Å². The maximum Gasteiger partial charge on any atom is 0.234 e. The van der Waals surface area contributed by atoms with Crippen molar-refractivity contribution in [1.82, 2.24) is 15.5 Å². The molecule has 1 aromatic carbocycles. The molecule has 2 aromatic rings. The molecule has 1 amide bonds. The van der Waals surface area contributed by atoms with Gasteiger partial charge in [-0.15, -0.1) is 10.2 Å². The zero-order valence-electron chi connectivity index (χ0n) is 14.9. The minimum absolute atomic E-state index is 0.00341. The van der Waals surface area contributed by atoms with Gasteiger partial charge in [0.25, 0.3) is 0 Å². The molecule has 0 aliphatic rings. The minimum atomic E-state index is -0.897. The molecular weight excluding hydrogens is 390 g/mol. The van der Waals surface area contributed by atoms with Crippen LogP contribution in [0.4, 0.5) is 10.8 Å². The van der Waals surface area contributed by atoms with Crippen molar-refractivity contribution in [2.45, 2.75) is 42.8 Å². The molecule has 0 bridgehead atoms. The Hall–Kier alpha value is -1.82. The van der Waals surface area contributed by atoms with E-state index < -0.39 is 10.8 Å². The highest BCUT2D eigenvalue weighted by molar-refractivity contribution is 8.02. The second-order valence-corrected chi connectivity index (χ2v) is 9.23. The van der Waals surface area contributed by atoms with E-state index in [2.05, 4.69) is 26.9 Å². The molecule has 2 atom stereocenters. The molecule has 26 heavy (non-hydrogen) atoms. The van der Waals surface area contributed by atoms with Crippen molar-refractivity contribution in [2.24, 2.45) is 5.92 Å². The van der Waals surface area contributed by atoms with Crippen LogP contribution in [0.3, 0.4) is 0 Å². The number of nitrogens with one attached hydrogen (secondary N) is 2. The molecule has 0 saturated carbocycles. The van der Waals surface area contributed by atoms with Gasteiger partial charge in [0, 0.05) is 10.7 Å². The highest BCUT2D eigenvalue weighted by atomic mass is 35.5. The van der Waals surface area contributed by atoms with E-state index in [-0.39, 0.29) is 11.8 Å². The van der Waals surface area contributed by atoms with E-state index in [1.165, 1.54) is 23.1 Å². The molecule has 0 aliphatic carbocycles. The Kier molecular flexibility index (Phi) is 6.87. The Morgan fingerprint density at radius 3 is 2.73 bits per heavy atom. The number of thioether (sulfide) groups is 1. The van der Waals surface area contributed by atoms with Crippen LogP contribution in [0.1, 0.15) is 27.7 Å². The molecule has 9 heteroatoms. The summed E-state index contributed by atoms with van der Waals surface area (Å²) in [7, 11) is 0. The summed E-state index contributed by atoms with van der Waals surface area (Å²) >= 11 is 8.62. The number of carbonyl (C=O) groups is 1. The third kappa shape index (κ3) is 5.34. The highest BCUT2D eigenvalue weighted by Gasteiger charge is 2.32. The lowest BCUT2D eigenvalue weighted by molar-refractivity contribution is -0.121. The summed E-state index contributed by atoms with van der Waals surface area (Å²) in [5.41, 5.74) is -0.0792. The van der Waals surface area contributed by atoms with Crippen molar-refractivity contribution in [2.75, 3.05) is 5.32 Å². The second-order valence-electron chi connectivity index (χ2n) is 6.23. The maximum absolute atomic E-state index is 12.4. The van der Waals surface area contributed by atoms with Crippen molar-refractivity contribution in [3.05, 3.63) is 29.3 Å². The van der Waals surface area contributed by atoms with E-state index in [1.807, 2.05) is 26.0 Å². The van der Waals surface area contributed by atoms with Gasteiger partial charge in [-0.05, 0) is 38.0 Å². The Labute approximate surface area is 166 Å². The molecule has 6 nitrogen and oxygen atoms in total. The van der Waals surface area contributed by atoms with Crippen molar-refractivity contribution in [3.63, 3.8) is 0 Å². The van der Waals surface area contributed by atoms with Crippen LogP contribution in [0, 0.1) is 17.2 Å². The molecule has 0 saturated heterocycles. The number of rotatable bonds is 7. The summed E-state index contributed by atoms with van der Waals surface area (Å²) in [5, 5.41) is 24.3. The van der Waals surface area contributed by atoms with Crippen LogP contribution < -0.4 is 10.6 Å². The van der Waals surface area contributed by atoms with E-state index in [0.29, 0.717) is 14.5 Å². The third-order valence-corrected chi connectivity index (χ3v) is 6.16. The normalized spacial score (nSPS) is 14.3. The summed E-state index contributed by atoms with van der Waals surface area (Å²) in [6.45, 7) is 7.31. The van der Waals surface area contributed by atoms with Crippen LogP contribution in [0.15, 0.2) is 28.6 Å².